The second kappa shape index (κ2) is 9.32. The van der Waals surface area contributed by atoms with E-state index in [1.54, 1.807) is 12.3 Å². The Labute approximate surface area is 184 Å². The fourth-order valence-electron chi connectivity index (χ4n) is 3.09. The summed E-state index contributed by atoms with van der Waals surface area (Å²) in [6, 6.07) is 11.6. The van der Waals surface area contributed by atoms with E-state index in [1.807, 2.05) is 45.0 Å². The Morgan fingerprint density at radius 3 is 2.53 bits per heavy atom. The van der Waals surface area contributed by atoms with E-state index in [0.717, 1.165) is 22.2 Å². The van der Waals surface area contributed by atoms with Gasteiger partial charge in [-0.25, -0.2) is 5.43 Å². The molecule has 0 aliphatic rings. The molecule has 0 aliphatic heterocycles. The number of nitrogens with one attached hydrogen (secondary N) is 3. The summed E-state index contributed by atoms with van der Waals surface area (Å²) in [6.45, 7) is 5.62. The molecule has 6 nitrogen and oxygen atoms in total. The molecule has 8 heteroatoms. The molecule has 3 rings (SSSR count). The summed E-state index contributed by atoms with van der Waals surface area (Å²) in [5.41, 5.74) is 5.69. The van der Waals surface area contributed by atoms with Crippen LogP contribution in [0.5, 0.6) is 0 Å². The number of H-pyrrole nitrogens is 1. The molecule has 0 aliphatic carbocycles. The molecule has 1 atom stereocenters. The van der Waals surface area contributed by atoms with Gasteiger partial charge in [0.15, 0.2) is 0 Å². The molecule has 30 heavy (non-hydrogen) atoms. The first-order valence-electron chi connectivity index (χ1n) is 9.44. The highest BCUT2D eigenvalue weighted by atomic mass is 35.5. The Balaban J connectivity index is 1.71. The van der Waals surface area contributed by atoms with E-state index in [-0.39, 0.29) is 10.9 Å². The molecule has 0 radical (unpaired) electrons. The number of carbonyl (C=O) groups excluding carboxylic acids is 2. The summed E-state index contributed by atoms with van der Waals surface area (Å²) in [5, 5.41) is 8.47. The second-order valence-corrected chi connectivity index (χ2v) is 8.08. The van der Waals surface area contributed by atoms with Crippen LogP contribution in [0.15, 0.2) is 47.6 Å². The van der Waals surface area contributed by atoms with Gasteiger partial charge >= 0.3 is 0 Å². The molecule has 0 saturated carbocycles. The van der Waals surface area contributed by atoms with Crippen molar-refractivity contribution in [2.75, 3.05) is 0 Å². The van der Waals surface area contributed by atoms with Crippen LogP contribution in [-0.2, 0) is 4.79 Å². The van der Waals surface area contributed by atoms with Crippen molar-refractivity contribution in [1.29, 1.82) is 0 Å². The Kier molecular flexibility index (Phi) is 6.80. The summed E-state index contributed by atoms with van der Waals surface area (Å²) < 4.78 is 0. The Hall–Kier alpha value is -2.83. The maximum atomic E-state index is 12.7. The molecule has 1 unspecified atom stereocenters. The van der Waals surface area contributed by atoms with Crippen LogP contribution in [0.4, 0.5) is 0 Å². The minimum atomic E-state index is -0.770. The summed E-state index contributed by atoms with van der Waals surface area (Å²) >= 11 is 11.9. The normalized spacial score (nSPS) is 12.5. The SMILES string of the molecule is Cc1[nH]c2ccccc2c1C=NNC(=O)C(NC(=O)c1ccc(Cl)c(Cl)c1)C(C)C. The van der Waals surface area contributed by atoms with E-state index in [0.29, 0.717) is 10.6 Å². The number of nitrogens with zero attached hydrogens (tertiary/aromatic N) is 1. The van der Waals surface area contributed by atoms with E-state index in [4.69, 9.17) is 23.2 Å². The molecule has 2 amide bonds. The van der Waals surface area contributed by atoms with Crippen molar-refractivity contribution < 1.29 is 9.59 Å². The smallest absolute Gasteiger partial charge is 0.262 e. The Morgan fingerprint density at radius 2 is 1.83 bits per heavy atom. The molecule has 0 saturated heterocycles. The van der Waals surface area contributed by atoms with Gasteiger partial charge in [-0.2, -0.15) is 5.10 Å². The van der Waals surface area contributed by atoms with Crippen molar-refractivity contribution >= 4 is 52.1 Å². The number of aryl methyl sites for hydroxylation is 1. The lowest BCUT2D eigenvalue weighted by molar-refractivity contribution is -0.123. The lowest BCUT2D eigenvalue weighted by Crippen LogP contribution is -2.48. The number of para-hydroxylation sites is 1. The van der Waals surface area contributed by atoms with E-state index in [2.05, 4.69) is 20.8 Å². The molecule has 2 aromatic carbocycles. The van der Waals surface area contributed by atoms with Crippen molar-refractivity contribution in [2.24, 2.45) is 11.0 Å². The molecular weight excluding hydrogens is 423 g/mol. The molecule has 156 valence electrons. The average molecular weight is 445 g/mol. The Bertz CT molecular complexity index is 1120. The number of halogens is 2. The summed E-state index contributed by atoms with van der Waals surface area (Å²) in [6.07, 6.45) is 1.60. The highest BCUT2D eigenvalue weighted by Crippen LogP contribution is 2.23. The molecular formula is C22H22Cl2N4O2. The number of fused-ring (bicyclic) bond motifs is 1. The van der Waals surface area contributed by atoms with Crippen molar-refractivity contribution in [3.05, 3.63) is 69.3 Å². The molecule has 0 bridgehead atoms. The van der Waals surface area contributed by atoms with Crippen molar-refractivity contribution in [1.82, 2.24) is 15.7 Å². The van der Waals surface area contributed by atoms with Gasteiger partial charge in [-0.15, -0.1) is 0 Å². The number of aromatic amines is 1. The second-order valence-electron chi connectivity index (χ2n) is 7.27. The topological polar surface area (TPSA) is 86.3 Å². The van der Waals surface area contributed by atoms with Crippen LogP contribution in [0.1, 0.15) is 35.5 Å². The average Bonchev–Trinajstić information content (AvgIpc) is 3.03. The molecule has 0 spiro atoms. The third-order valence-electron chi connectivity index (χ3n) is 4.73. The van der Waals surface area contributed by atoms with Crippen LogP contribution in [-0.4, -0.2) is 29.1 Å². The first-order valence-corrected chi connectivity index (χ1v) is 10.2. The van der Waals surface area contributed by atoms with E-state index < -0.39 is 17.9 Å². The molecule has 1 heterocycles. The van der Waals surface area contributed by atoms with Gasteiger partial charge in [-0.3, -0.25) is 9.59 Å². The standard InChI is InChI=1S/C22H22Cl2N4O2/c1-12(2)20(27-21(29)14-8-9-17(23)18(24)10-14)22(30)28-25-11-16-13(3)26-19-7-5-4-6-15(16)19/h4-12,20,26H,1-3H3,(H,27,29)(H,28,30). The van der Waals surface area contributed by atoms with E-state index in [9.17, 15) is 9.59 Å². The summed E-state index contributed by atoms with van der Waals surface area (Å²) in [5.74, 6) is -0.979. The quantitative estimate of drug-likeness (QED) is 0.380. The zero-order valence-corrected chi connectivity index (χ0v) is 18.3. The predicted molar refractivity (Wildman–Crippen MR) is 121 cm³/mol. The van der Waals surface area contributed by atoms with Gasteiger partial charge in [0.25, 0.3) is 11.8 Å². The lowest BCUT2D eigenvalue weighted by atomic mass is 10.0. The fourth-order valence-corrected chi connectivity index (χ4v) is 3.39. The van der Waals surface area contributed by atoms with Crippen LogP contribution >= 0.6 is 23.2 Å². The van der Waals surface area contributed by atoms with Crippen molar-refractivity contribution in [3.8, 4) is 0 Å². The minimum absolute atomic E-state index is 0.151. The third kappa shape index (κ3) is 4.83. The first-order chi connectivity index (χ1) is 14.3. The van der Waals surface area contributed by atoms with Gasteiger partial charge < -0.3 is 10.3 Å². The highest BCUT2D eigenvalue weighted by molar-refractivity contribution is 6.42. The first kappa shape index (κ1) is 21.9. The minimum Gasteiger partial charge on any atom is -0.358 e. The number of amides is 2. The van der Waals surface area contributed by atoms with Crippen molar-refractivity contribution in [3.63, 3.8) is 0 Å². The number of hydrazone groups is 1. The van der Waals surface area contributed by atoms with Crippen LogP contribution in [0.2, 0.25) is 10.0 Å². The zero-order chi connectivity index (χ0) is 21.8. The number of hydrogen-bond donors (Lipinski definition) is 3. The van der Waals surface area contributed by atoms with Gasteiger partial charge in [0.2, 0.25) is 0 Å². The van der Waals surface area contributed by atoms with Crippen molar-refractivity contribution in [2.45, 2.75) is 26.8 Å². The van der Waals surface area contributed by atoms with Crippen LogP contribution in [0.25, 0.3) is 10.9 Å². The monoisotopic (exact) mass is 444 g/mol. The van der Waals surface area contributed by atoms with E-state index in [1.165, 1.54) is 12.1 Å². The third-order valence-corrected chi connectivity index (χ3v) is 5.47. The number of aromatic nitrogens is 1. The summed E-state index contributed by atoms with van der Waals surface area (Å²) in [7, 11) is 0. The van der Waals surface area contributed by atoms with Gasteiger partial charge in [0.05, 0.1) is 16.3 Å². The zero-order valence-electron chi connectivity index (χ0n) is 16.8. The van der Waals surface area contributed by atoms with Crippen LogP contribution < -0.4 is 10.7 Å². The number of carbonyl (C=O) groups is 2. The largest absolute Gasteiger partial charge is 0.358 e. The summed E-state index contributed by atoms with van der Waals surface area (Å²) in [4.78, 5) is 28.5. The van der Waals surface area contributed by atoms with Crippen LogP contribution in [0, 0.1) is 12.8 Å². The maximum Gasteiger partial charge on any atom is 0.262 e. The van der Waals surface area contributed by atoms with Gasteiger partial charge in [0, 0.05) is 27.7 Å². The number of benzene rings is 2. The molecule has 3 N–H and O–H groups in total. The lowest BCUT2D eigenvalue weighted by Gasteiger charge is -2.20. The highest BCUT2D eigenvalue weighted by Gasteiger charge is 2.24. The molecule has 1 aromatic heterocycles. The molecule has 3 aromatic rings. The predicted octanol–water partition coefficient (Wildman–Crippen LogP) is 4.69. The molecule has 0 fully saturated rings. The number of rotatable bonds is 6. The van der Waals surface area contributed by atoms with E-state index >= 15 is 0 Å². The van der Waals surface area contributed by atoms with Gasteiger partial charge in [-0.05, 0) is 37.1 Å². The Morgan fingerprint density at radius 1 is 1.10 bits per heavy atom. The maximum absolute atomic E-state index is 12.7. The van der Waals surface area contributed by atoms with Gasteiger partial charge in [-0.1, -0.05) is 55.2 Å². The van der Waals surface area contributed by atoms with Gasteiger partial charge in [0.1, 0.15) is 6.04 Å². The number of hydrogen-bond acceptors (Lipinski definition) is 3. The van der Waals surface area contributed by atoms with Crippen LogP contribution in [0.3, 0.4) is 0 Å². The fraction of sp³-hybridized carbons (Fsp3) is 0.227.